The highest BCUT2D eigenvalue weighted by Crippen LogP contribution is 2.33. The zero-order valence-electron chi connectivity index (χ0n) is 50.4. The summed E-state index contributed by atoms with van der Waals surface area (Å²) in [5.74, 6) is -2.92. The molecule has 0 saturated carbocycles. The lowest BCUT2D eigenvalue weighted by Gasteiger charge is -2.10. The third-order valence-electron chi connectivity index (χ3n) is 12.7. The Hall–Kier alpha value is -11.8. The highest BCUT2D eigenvalue weighted by Gasteiger charge is 2.30. The second kappa shape index (κ2) is 35.8. The predicted octanol–water partition coefficient (Wildman–Crippen LogP) is 8.82. The van der Waals surface area contributed by atoms with E-state index in [1.165, 1.54) is 96.2 Å². The summed E-state index contributed by atoms with van der Waals surface area (Å²) in [6.45, 7) is 8.53. The fraction of sp³-hybridized carbons (Fsp3) is 0.250. The first-order valence-corrected chi connectivity index (χ1v) is 27.3. The van der Waals surface area contributed by atoms with E-state index in [9.17, 15) is 88.4 Å². The Labute approximate surface area is 523 Å². The van der Waals surface area contributed by atoms with Gasteiger partial charge in [0.2, 0.25) is 5.70 Å². The molecule has 28 nitrogen and oxygen atoms in total. The second-order valence-electron chi connectivity index (χ2n) is 19.7. The normalized spacial score (nSPS) is 14.3. The van der Waals surface area contributed by atoms with Crippen molar-refractivity contribution in [3.8, 4) is 0 Å². The number of hydrogen-bond donors (Lipinski definition) is 0. The SMILES string of the molecule is CC(=O)OCC1=CC2=C(C1)C(=O)C=CC2=O.CC(=O)OCC1=CC=C([N+](=O)[O-])C1.CC(=O)OCC1=CCC2=C1C(=O)C=CC2=O.CC(=O)OCc1ccc(C2=CC=C([N+](=O)[O-])C2)cc1.CC(=O)OCc1ccc([N+](=O)[O-])cc1.CC(=O)OCc1ccccc1[N+](=O)[O-]. The Kier molecular flexibility index (Phi) is 28.3. The first-order valence-electron chi connectivity index (χ1n) is 27.3. The molecule has 0 saturated heterocycles. The standard InChI is InChI=1S/C14H13NO4.2C12H10O4.2C9H9NO4.C8H9NO4/c1-10(16)19-9-11-2-4-12(5-3-11)13-6-7-14(8-13)15(17)18;1-7(13)16-6-8-4-9-10(5-8)12(15)3-2-11(9)14;1-7(13)16-6-8-2-3-9-10(14)4-5-11(15)12(8)9;1-7(11)14-6-8-2-4-9(5-3-8)10(12)13;1-7(11)14-6-8-4-2-3-5-9(8)10(12)13;1-6(10)13-5-7-2-3-8(4-7)9(11)12/h2-7H,8-9H2,1H3;2-4H,5-6H2,1H3;2,4-5H,3,6H2,1H3;2*2-5H,6H2,1H3;2-3H,4-5H2,1H3. The molecule has 0 fully saturated rings. The van der Waals surface area contributed by atoms with E-state index >= 15 is 0 Å². The van der Waals surface area contributed by atoms with Crippen LogP contribution in [0.15, 0.2) is 184 Å². The van der Waals surface area contributed by atoms with Crippen molar-refractivity contribution in [2.75, 3.05) is 19.8 Å². The molecule has 0 atom stereocenters. The van der Waals surface area contributed by atoms with Crippen LogP contribution in [0, 0.1) is 40.5 Å². The number of allylic oxidation sites excluding steroid dienone is 15. The van der Waals surface area contributed by atoms with Gasteiger partial charge in [0.1, 0.15) is 39.6 Å². The number of para-hydroxylation sites is 1. The highest BCUT2D eigenvalue weighted by atomic mass is 16.6. The number of ketones is 4. The fourth-order valence-electron chi connectivity index (χ4n) is 8.24. The third-order valence-corrected chi connectivity index (χ3v) is 12.7. The summed E-state index contributed by atoms with van der Waals surface area (Å²) in [6, 6.07) is 19.5. The summed E-state index contributed by atoms with van der Waals surface area (Å²) in [5, 5.41) is 41.7. The number of non-ortho nitro benzene ring substituents is 1. The first-order chi connectivity index (χ1) is 43.5. The number of hydrogen-bond acceptors (Lipinski definition) is 24. The molecule has 3 aromatic carbocycles. The number of benzene rings is 3. The largest absolute Gasteiger partial charge is 0.461 e. The van der Waals surface area contributed by atoms with Gasteiger partial charge in [0.25, 0.3) is 17.1 Å². The highest BCUT2D eigenvalue weighted by molar-refractivity contribution is 6.23. The Balaban J connectivity index is 0.000000237. The fourth-order valence-corrected chi connectivity index (χ4v) is 8.24. The quantitative estimate of drug-likeness (QED) is 0.0400. The molecule has 6 aliphatic carbocycles. The lowest BCUT2D eigenvalue weighted by atomic mass is 9.94. The van der Waals surface area contributed by atoms with Crippen LogP contribution in [-0.2, 0) is 96.2 Å². The first kappa shape index (κ1) is 72.6. The number of ether oxygens (including phenoxy) is 6. The summed E-state index contributed by atoms with van der Waals surface area (Å²) in [6.07, 6.45) is 16.3. The van der Waals surface area contributed by atoms with Crippen molar-refractivity contribution in [2.24, 2.45) is 0 Å². The van der Waals surface area contributed by atoms with E-state index in [4.69, 9.17) is 23.7 Å². The molecule has 0 amide bonds. The van der Waals surface area contributed by atoms with Gasteiger partial charge < -0.3 is 28.4 Å². The number of nitrogens with zero attached hydrogens (tertiary/aromatic N) is 4. The van der Waals surface area contributed by atoms with Gasteiger partial charge in [-0.2, -0.15) is 0 Å². The maximum atomic E-state index is 11.6. The summed E-state index contributed by atoms with van der Waals surface area (Å²) in [7, 11) is 0. The summed E-state index contributed by atoms with van der Waals surface area (Å²) in [5.41, 5.74) is 8.25. The van der Waals surface area contributed by atoms with E-state index in [0.717, 1.165) is 33.4 Å². The van der Waals surface area contributed by atoms with Gasteiger partial charge in [0, 0.05) is 101 Å². The van der Waals surface area contributed by atoms with Crippen LogP contribution in [0.3, 0.4) is 0 Å². The zero-order valence-corrected chi connectivity index (χ0v) is 50.4. The molecule has 6 aliphatic rings. The van der Waals surface area contributed by atoms with Crippen LogP contribution in [-0.4, -0.2) is 98.5 Å². The third kappa shape index (κ3) is 24.4. The van der Waals surface area contributed by atoms with Crippen LogP contribution in [0.4, 0.5) is 11.4 Å². The van der Waals surface area contributed by atoms with Gasteiger partial charge in [-0.1, -0.05) is 54.6 Å². The Bertz CT molecular complexity index is 3790. The molecule has 0 aromatic heterocycles. The molecular formula is C64H60N4O24. The molecule has 92 heavy (non-hydrogen) atoms. The van der Waals surface area contributed by atoms with E-state index in [-0.39, 0.29) is 121 Å². The molecule has 9 rings (SSSR count). The van der Waals surface area contributed by atoms with Crippen molar-refractivity contribution in [1.29, 1.82) is 0 Å². The average Bonchev–Trinajstić information content (AvgIpc) is 1.66. The van der Waals surface area contributed by atoms with Crippen LogP contribution in [0.1, 0.15) is 89.5 Å². The van der Waals surface area contributed by atoms with Crippen molar-refractivity contribution in [2.45, 2.75) is 87.0 Å². The predicted molar refractivity (Wildman–Crippen MR) is 322 cm³/mol. The minimum atomic E-state index is -0.501. The monoisotopic (exact) mass is 1270 g/mol. The molecule has 0 bridgehead atoms. The smallest absolute Gasteiger partial charge is 0.302 e. The zero-order chi connectivity index (χ0) is 68.2. The van der Waals surface area contributed by atoms with Gasteiger partial charge in [-0.3, -0.25) is 88.4 Å². The lowest BCUT2D eigenvalue weighted by Crippen LogP contribution is -2.15. The molecule has 28 heteroatoms. The summed E-state index contributed by atoms with van der Waals surface area (Å²) in [4.78, 5) is 149. The topological polar surface area (TPSA) is 399 Å². The van der Waals surface area contributed by atoms with E-state index < -0.39 is 26.7 Å². The number of rotatable bonds is 17. The number of carbonyl (C=O) groups excluding carboxylic acids is 10. The number of nitro benzene ring substituents is 2. The maximum Gasteiger partial charge on any atom is 0.302 e. The number of nitro groups is 4. The molecule has 0 heterocycles. The Morgan fingerprint density at radius 1 is 0.435 bits per heavy atom. The number of esters is 6. The molecule has 0 aliphatic heterocycles. The Morgan fingerprint density at radius 3 is 1.39 bits per heavy atom. The summed E-state index contributed by atoms with van der Waals surface area (Å²) >= 11 is 0. The molecule has 0 unspecified atom stereocenters. The van der Waals surface area contributed by atoms with Crippen LogP contribution < -0.4 is 0 Å². The van der Waals surface area contributed by atoms with E-state index in [2.05, 4.69) is 4.74 Å². The van der Waals surface area contributed by atoms with Gasteiger partial charge in [-0.05, 0) is 94.0 Å². The van der Waals surface area contributed by atoms with Gasteiger partial charge >= 0.3 is 35.8 Å². The Morgan fingerprint density at radius 2 is 0.891 bits per heavy atom. The van der Waals surface area contributed by atoms with Crippen molar-refractivity contribution < 1.29 is 96.1 Å². The van der Waals surface area contributed by atoms with Crippen molar-refractivity contribution >= 4 is 75.9 Å². The average molecular weight is 1270 g/mol. The maximum absolute atomic E-state index is 11.6. The molecule has 0 N–H and O–H groups in total. The van der Waals surface area contributed by atoms with Crippen molar-refractivity contribution in [1.82, 2.24) is 0 Å². The van der Waals surface area contributed by atoms with Crippen molar-refractivity contribution in [3.63, 3.8) is 0 Å². The van der Waals surface area contributed by atoms with Crippen LogP contribution in [0.5, 0.6) is 0 Å². The van der Waals surface area contributed by atoms with Crippen LogP contribution >= 0.6 is 0 Å². The number of carbonyl (C=O) groups is 10. The lowest BCUT2D eigenvalue weighted by molar-refractivity contribution is -0.426. The van der Waals surface area contributed by atoms with Gasteiger partial charge in [-0.25, -0.2) is 0 Å². The van der Waals surface area contributed by atoms with E-state index in [1.807, 2.05) is 24.3 Å². The van der Waals surface area contributed by atoms with Gasteiger partial charge in [0.15, 0.2) is 23.1 Å². The van der Waals surface area contributed by atoms with Crippen molar-refractivity contribution in [3.05, 3.63) is 247 Å². The molecule has 0 radical (unpaired) electrons. The molecular weight excluding hydrogens is 1210 g/mol. The minimum Gasteiger partial charge on any atom is -0.461 e. The van der Waals surface area contributed by atoms with E-state index in [1.54, 1.807) is 54.6 Å². The summed E-state index contributed by atoms with van der Waals surface area (Å²) < 4.78 is 28.6. The van der Waals surface area contributed by atoms with Gasteiger partial charge in [-0.15, -0.1) is 0 Å². The van der Waals surface area contributed by atoms with Gasteiger partial charge in [0.05, 0.1) is 38.1 Å². The van der Waals surface area contributed by atoms with Crippen LogP contribution in [0.25, 0.3) is 5.57 Å². The molecule has 3 aromatic rings. The second-order valence-corrected chi connectivity index (χ2v) is 19.7. The minimum absolute atomic E-state index is 0.0246. The van der Waals surface area contributed by atoms with E-state index in [0.29, 0.717) is 52.7 Å². The van der Waals surface area contributed by atoms with Crippen LogP contribution in [0.2, 0.25) is 0 Å². The molecule has 0 spiro atoms. The molecule has 480 valence electrons.